The van der Waals surface area contributed by atoms with E-state index in [9.17, 15) is 24.1 Å². The number of hydrogen-bond donors (Lipinski definition) is 2. The topological polar surface area (TPSA) is 126 Å². The highest BCUT2D eigenvalue weighted by Crippen LogP contribution is 2.29. The maximum atomic E-state index is 13.8. The van der Waals surface area contributed by atoms with Crippen LogP contribution in [0, 0.1) is 15.9 Å². The van der Waals surface area contributed by atoms with Crippen molar-refractivity contribution in [3.05, 3.63) is 108 Å². The molecule has 0 atom stereocenters. The number of carboxylic acids is 1. The lowest BCUT2D eigenvalue weighted by atomic mass is 10.1. The highest BCUT2D eigenvalue weighted by Gasteiger charge is 2.18. The molecule has 1 heterocycles. The predicted octanol–water partition coefficient (Wildman–Crippen LogP) is 6.23. The molecule has 3 aromatic carbocycles. The van der Waals surface area contributed by atoms with Crippen molar-refractivity contribution >= 4 is 62.2 Å². The monoisotopic (exact) mass is 555 g/mol. The number of aromatic nitrogens is 2. The van der Waals surface area contributed by atoms with Crippen molar-refractivity contribution in [3.63, 3.8) is 0 Å². The van der Waals surface area contributed by atoms with E-state index in [2.05, 4.69) is 25.9 Å². The van der Waals surface area contributed by atoms with Crippen LogP contribution in [0.3, 0.4) is 0 Å². The first-order valence-electron chi connectivity index (χ1n) is 10.0. The molecular weight excluding hydrogens is 541 g/mol. The summed E-state index contributed by atoms with van der Waals surface area (Å²) >= 11 is 4.55. The molecule has 35 heavy (non-hydrogen) atoms. The molecule has 0 saturated heterocycles. The summed E-state index contributed by atoms with van der Waals surface area (Å²) in [4.78, 5) is 42.6. The van der Waals surface area contributed by atoms with Crippen LogP contribution in [0.15, 0.2) is 70.0 Å². The number of allylic oxidation sites excluding steroid dienone is 1. The largest absolute Gasteiger partial charge is 0.478 e. The smallest absolute Gasteiger partial charge is 0.335 e. The Hall–Kier alpha value is -3.83. The van der Waals surface area contributed by atoms with Crippen LogP contribution in [0.5, 0.6) is 0 Å². The number of nitro groups is 1. The van der Waals surface area contributed by atoms with Crippen molar-refractivity contribution in [1.82, 2.24) is 9.97 Å². The molecule has 4 aromatic rings. The van der Waals surface area contributed by atoms with Crippen LogP contribution in [-0.4, -0.2) is 31.8 Å². The van der Waals surface area contributed by atoms with Gasteiger partial charge in [-0.1, -0.05) is 34.1 Å². The summed E-state index contributed by atoms with van der Waals surface area (Å²) in [5.41, 5.74) is 1.39. The molecule has 4 rings (SSSR count). The van der Waals surface area contributed by atoms with Gasteiger partial charge in [0.1, 0.15) is 5.82 Å². The number of thioether (sulfide) groups is 1. The number of aromatic carboxylic acids is 1. The van der Waals surface area contributed by atoms with Crippen LogP contribution < -0.4 is 0 Å². The fourth-order valence-corrected chi connectivity index (χ4v) is 4.50. The average Bonchev–Trinajstić information content (AvgIpc) is 3.24. The van der Waals surface area contributed by atoms with E-state index in [0.717, 1.165) is 39.4 Å². The number of rotatable bonds is 8. The molecule has 0 radical (unpaired) electrons. The van der Waals surface area contributed by atoms with Gasteiger partial charge in [-0.05, 0) is 48.0 Å². The maximum Gasteiger partial charge on any atom is 0.335 e. The van der Waals surface area contributed by atoms with Crippen molar-refractivity contribution in [1.29, 1.82) is 0 Å². The minimum absolute atomic E-state index is 0.0299. The van der Waals surface area contributed by atoms with Gasteiger partial charge < -0.3 is 10.1 Å². The van der Waals surface area contributed by atoms with Crippen molar-refractivity contribution in [2.75, 3.05) is 0 Å². The number of ketones is 1. The van der Waals surface area contributed by atoms with Crippen LogP contribution in [-0.2, 0) is 5.75 Å². The summed E-state index contributed by atoms with van der Waals surface area (Å²) in [6.45, 7) is 0. The Kier molecular flexibility index (Phi) is 7.08. The van der Waals surface area contributed by atoms with E-state index in [-0.39, 0.29) is 27.3 Å². The van der Waals surface area contributed by atoms with Crippen molar-refractivity contribution in [2.24, 2.45) is 0 Å². The van der Waals surface area contributed by atoms with Crippen molar-refractivity contribution < 1.29 is 24.0 Å². The minimum Gasteiger partial charge on any atom is -0.478 e. The van der Waals surface area contributed by atoms with E-state index in [1.165, 1.54) is 36.4 Å². The number of carboxylic acid groups (broad SMARTS) is 1. The summed E-state index contributed by atoms with van der Waals surface area (Å²) in [6, 6.07) is 14.4. The second kappa shape index (κ2) is 10.2. The molecular formula is C24H15BrFN3O5S. The van der Waals surface area contributed by atoms with Crippen molar-refractivity contribution in [2.45, 2.75) is 5.75 Å². The second-order valence-corrected chi connectivity index (χ2v) is 9.25. The first-order valence-corrected chi connectivity index (χ1v) is 11.8. The van der Waals surface area contributed by atoms with Crippen LogP contribution in [0.25, 0.3) is 17.1 Å². The fourth-order valence-electron chi connectivity index (χ4n) is 3.24. The van der Waals surface area contributed by atoms with Crippen LogP contribution in [0.2, 0.25) is 0 Å². The van der Waals surface area contributed by atoms with E-state index in [0.29, 0.717) is 5.82 Å². The summed E-state index contributed by atoms with van der Waals surface area (Å²) in [6.07, 6.45) is 1.43. The van der Waals surface area contributed by atoms with Gasteiger partial charge in [-0.15, -0.1) is 11.8 Å². The normalized spacial score (nSPS) is 11.5. The number of carbonyl (C=O) groups excluding carboxylic acids is 1. The fraction of sp³-hybridized carbons (Fsp3) is 0.0417. The van der Waals surface area contributed by atoms with Gasteiger partial charge in [0.05, 0.1) is 32.2 Å². The van der Waals surface area contributed by atoms with Gasteiger partial charge in [0.15, 0.2) is 5.78 Å². The zero-order chi connectivity index (χ0) is 25.1. The minimum atomic E-state index is -1.12. The summed E-state index contributed by atoms with van der Waals surface area (Å²) in [7, 11) is 0. The number of hydrogen-bond acceptors (Lipinski definition) is 6. The third kappa shape index (κ3) is 5.64. The van der Waals surface area contributed by atoms with E-state index in [1.54, 1.807) is 0 Å². The average molecular weight is 556 g/mol. The molecule has 0 aliphatic rings. The van der Waals surface area contributed by atoms with Crippen LogP contribution in [0.1, 0.15) is 32.1 Å². The Bertz CT molecular complexity index is 1500. The number of nitrogens with zero attached hydrogens (tertiary/aromatic N) is 2. The summed E-state index contributed by atoms with van der Waals surface area (Å²) in [5.74, 6) is -1.64. The molecule has 176 valence electrons. The van der Waals surface area contributed by atoms with Gasteiger partial charge in [0.2, 0.25) is 5.82 Å². The number of Topliss-reactive ketones (excluding diaryl/α,β-unsaturated/α-hetero) is 1. The molecule has 0 spiro atoms. The summed E-state index contributed by atoms with van der Waals surface area (Å²) in [5, 5.41) is 20.2. The number of fused-ring (bicyclic) bond motifs is 1. The molecule has 2 N–H and O–H groups in total. The second-order valence-electron chi connectivity index (χ2n) is 7.32. The van der Waals surface area contributed by atoms with Gasteiger partial charge in [-0.2, -0.15) is 4.39 Å². The Morgan fingerprint density at radius 2 is 1.83 bits per heavy atom. The Labute approximate surface area is 210 Å². The molecule has 8 nitrogen and oxygen atoms in total. The van der Waals surface area contributed by atoms with Gasteiger partial charge in [0, 0.05) is 16.1 Å². The van der Waals surface area contributed by atoms with E-state index >= 15 is 0 Å². The lowest BCUT2D eigenvalue weighted by Gasteiger charge is -2.07. The Morgan fingerprint density at radius 1 is 1.11 bits per heavy atom. The SMILES string of the molecule is O=C(O)c1ccc(C(=O)C(=Cc2ccc(F)c([N+](=O)[O-])c2)SCc2nc3ccc(Br)cc3[nH]2)cc1. The number of carbonyl (C=O) groups is 2. The lowest BCUT2D eigenvalue weighted by Crippen LogP contribution is -2.04. The zero-order valence-electron chi connectivity index (χ0n) is 17.7. The molecule has 1 aromatic heterocycles. The van der Waals surface area contributed by atoms with E-state index in [4.69, 9.17) is 5.11 Å². The molecule has 0 aliphatic heterocycles. The molecule has 0 fully saturated rings. The standard InChI is InChI=1S/C24H15BrFN3O5S/c25-16-6-8-18-19(11-16)28-22(27-18)12-35-21(10-13-1-7-17(26)20(9-13)29(33)34)23(30)14-2-4-15(5-3-14)24(31)32/h1-11H,12H2,(H,27,28)(H,31,32). The molecule has 11 heteroatoms. The Morgan fingerprint density at radius 3 is 2.51 bits per heavy atom. The molecule has 0 unspecified atom stereocenters. The summed E-state index contributed by atoms with van der Waals surface area (Å²) < 4.78 is 14.7. The molecule has 0 bridgehead atoms. The number of benzene rings is 3. The number of imidazole rings is 1. The van der Waals surface area contributed by atoms with Crippen LogP contribution >= 0.6 is 27.7 Å². The van der Waals surface area contributed by atoms with Gasteiger partial charge >= 0.3 is 11.7 Å². The van der Waals surface area contributed by atoms with Crippen molar-refractivity contribution in [3.8, 4) is 0 Å². The molecule has 0 aliphatic carbocycles. The number of aromatic amines is 1. The molecule has 0 saturated carbocycles. The lowest BCUT2D eigenvalue weighted by molar-refractivity contribution is -0.387. The number of nitro benzene ring substituents is 1. The third-order valence-corrected chi connectivity index (χ3v) is 6.47. The third-order valence-electron chi connectivity index (χ3n) is 4.94. The first-order chi connectivity index (χ1) is 16.7. The van der Waals surface area contributed by atoms with E-state index in [1.807, 2.05) is 18.2 Å². The predicted molar refractivity (Wildman–Crippen MR) is 134 cm³/mol. The van der Waals surface area contributed by atoms with Gasteiger partial charge in [-0.3, -0.25) is 14.9 Å². The van der Waals surface area contributed by atoms with Gasteiger partial charge in [0.25, 0.3) is 0 Å². The zero-order valence-corrected chi connectivity index (χ0v) is 20.1. The number of nitrogens with one attached hydrogen (secondary N) is 1. The highest BCUT2D eigenvalue weighted by atomic mass is 79.9. The quantitative estimate of drug-likeness (QED) is 0.114. The van der Waals surface area contributed by atoms with E-state index < -0.39 is 28.2 Å². The molecule has 0 amide bonds. The number of H-pyrrole nitrogens is 1. The Balaban J connectivity index is 1.68. The first kappa shape index (κ1) is 24.3. The highest BCUT2D eigenvalue weighted by molar-refractivity contribution is 9.10. The maximum absolute atomic E-state index is 13.8. The number of halogens is 2. The van der Waals surface area contributed by atoms with Gasteiger partial charge in [-0.25, -0.2) is 9.78 Å². The van der Waals surface area contributed by atoms with Crippen LogP contribution in [0.4, 0.5) is 10.1 Å².